The van der Waals surface area contributed by atoms with E-state index in [2.05, 4.69) is 47.2 Å². The van der Waals surface area contributed by atoms with Gasteiger partial charge in [-0.25, -0.2) is 0 Å². The average Bonchev–Trinajstić information content (AvgIpc) is 2.38. The van der Waals surface area contributed by atoms with Gasteiger partial charge in [0.1, 0.15) is 4.99 Å². The van der Waals surface area contributed by atoms with Crippen LogP contribution in [0.4, 0.5) is 11.4 Å². The molecule has 0 aliphatic heterocycles. The van der Waals surface area contributed by atoms with Crippen LogP contribution in [0.2, 0.25) is 5.02 Å². The summed E-state index contributed by atoms with van der Waals surface area (Å²) in [7, 11) is 0. The summed E-state index contributed by atoms with van der Waals surface area (Å²) in [4.78, 5) is 0.341. The van der Waals surface area contributed by atoms with Crippen LogP contribution >= 0.6 is 39.7 Å². The largest absolute Gasteiger partial charge is 0.389 e. The van der Waals surface area contributed by atoms with Gasteiger partial charge in [0.05, 0.1) is 10.7 Å². The summed E-state index contributed by atoms with van der Waals surface area (Å²) in [6, 6.07) is 9.63. The second-order valence-electron chi connectivity index (χ2n) is 4.61. The van der Waals surface area contributed by atoms with Gasteiger partial charge >= 0.3 is 0 Å². The Morgan fingerprint density at radius 3 is 2.30 bits per heavy atom. The molecular formula is C15H14BrClN2S. The molecule has 0 aromatic heterocycles. The standard InChI is InChI=1S/C15H14BrClN2S/c1-8-5-11(6-9(2)14(8)16)19-13-4-3-10(15(18)20)7-12(13)17/h3-7,19H,1-2H3,(H2,18,20). The molecule has 0 radical (unpaired) electrons. The first-order valence-electron chi connectivity index (χ1n) is 6.01. The van der Waals surface area contributed by atoms with E-state index >= 15 is 0 Å². The highest BCUT2D eigenvalue weighted by atomic mass is 79.9. The number of halogens is 2. The summed E-state index contributed by atoms with van der Waals surface area (Å²) in [6.45, 7) is 4.11. The van der Waals surface area contributed by atoms with Crippen molar-refractivity contribution in [1.29, 1.82) is 0 Å². The van der Waals surface area contributed by atoms with E-state index in [0.717, 1.165) is 21.4 Å². The van der Waals surface area contributed by atoms with E-state index in [0.29, 0.717) is 10.0 Å². The van der Waals surface area contributed by atoms with Crippen LogP contribution in [0.25, 0.3) is 0 Å². The van der Waals surface area contributed by atoms with Crippen LogP contribution in [-0.4, -0.2) is 4.99 Å². The van der Waals surface area contributed by atoms with Crippen LogP contribution in [0.3, 0.4) is 0 Å². The van der Waals surface area contributed by atoms with Gasteiger partial charge in [-0.05, 0) is 55.3 Å². The molecule has 20 heavy (non-hydrogen) atoms. The molecule has 104 valence electrons. The van der Waals surface area contributed by atoms with Gasteiger partial charge in [-0.2, -0.15) is 0 Å². The summed E-state index contributed by atoms with van der Waals surface area (Å²) >= 11 is 14.7. The predicted octanol–water partition coefficient (Wildman–Crippen LogP) is 5.10. The van der Waals surface area contributed by atoms with Crippen LogP contribution in [0, 0.1) is 13.8 Å². The fourth-order valence-corrected chi connectivity index (χ4v) is 2.53. The molecule has 0 atom stereocenters. The quantitative estimate of drug-likeness (QED) is 0.739. The number of thiocarbonyl (C=S) groups is 1. The third-order valence-corrected chi connectivity index (χ3v) is 4.77. The molecule has 0 spiro atoms. The van der Waals surface area contributed by atoms with Crippen LogP contribution in [0.1, 0.15) is 16.7 Å². The molecule has 0 amide bonds. The number of anilines is 2. The molecule has 0 heterocycles. The van der Waals surface area contributed by atoms with Crippen molar-refractivity contribution in [3.63, 3.8) is 0 Å². The van der Waals surface area contributed by atoms with E-state index in [9.17, 15) is 0 Å². The van der Waals surface area contributed by atoms with Crippen molar-refractivity contribution >= 4 is 56.1 Å². The lowest BCUT2D eigenvalue weighted by molar-refractivity contribution is 1.33. The van der Waals surface area contributed by atoms with Crippen LogP contribution in [0.15, 0.2) is 34.8 Å². The Kier molecular flexibility index (Phi) is 4.68. The average molecular weight is 370 g/mol. The van der Waals surface area contributed by atoms with Crippen molar-refractivity contribution in [3.8, 4) is 0 Å². The third kappa shape index (κ3) is 3.32. The molecule has 2 aromatic carbocycles. The normalized spacial score (nSPS) is 10.4. The highest BCUT2D eigenvalue weighted by molar-refractivity contribution is 9.10. The Hall–Kier alpha value is -1.10. The van der Waals surface area contributed by atoms with Gasteiger partial charge in [0.15, 0.2) is 0 Å². The molecular weight excluding hydrogens is 356 g/mol. The van der Waals surface area contributed by atoms with Gasteiger partial charge in [-0.1, -0.05) is 39.7 Å². The molecule has 2 nitrogen and oxygen atoms in total. The van der Waals surface area contributed by atoms with E-state index in [4.69, 9.17) is 29.6 Å². The second kappa shape index (κ2) is 6.12. The van der Waals surface area contributed by atoms with Crippen LogP contribution < -0.4 is 11.1 Å². The minimum absolute atomic E-state index is 0.341. The van der Waals surface area contributed by atoms with Crippen molar-refractivity contribution in [2.75, 3.05) is 5.32 Å². The van der Waals surface area contributed by atoms with Crippen LogP contribution in [0.5, 0.6) is 0 Å². The molecule has 0 unspecified atom stereocenters. The molecule has 2 aromatic rings. The topological polar surface area (TPSA) is 38.0 Å². The lowest BCUT2D eigenvalue weighted by Crippen LogP contribution is -2.09. The Bertz CT molecular complexity index is 663. The summed E-state index contributed by atoms with van der Waals surface area (Å²) in [5.41, 5.74) is 10.5. The number of nitrogens with one attached hydrogen (secondary N) is 1. The van der Waals surface area contributed by atoms with Crippen molar-refractivity contribution in [1.82, 2.24) is 0 Å². The van der Waals surface area contributed by atoms with Gasteiger partial charge in [0.2, 0.25) is 0 Å². The maximum atomic E-state index is 6.25. The minimum Gasteiger partial charge on any atom is -0.389 e. The predicted molar refractivity (Wildman–Crippen MR) is 94.2 cm³/mol. The van der Waals surface area contributed by atoms with E-state index in [1.54, 1.807) is 6.07 Å². The molecule has 3 N–H and O–H groups in total. The highest BCUT2D eigenvalue weighted by Gasteiger charge is 2.06. The van der Waals surface area contributed by atoms with E-state index < -0.39 is 0 Å². The minimum atomic E-state index is 0.341. The van der Waals surface area contributed by atoms with E-state index in [1.165, 1.54) is 11.1 Å². The number of hydrogen-bond acceptors (Lipinski definition) is 2. The fourth-order valence-electron chi connectivity index (χ4n) is 1.94. The van der Waals surface area contributed by atoms with Gasteiger partial charge in [0.25, 0.3) is 0 Å². The number of benzene rings is 2. The summed E-state index contributed by atoms with van der Waals surface area (Å²) < 4.78 is 1.12. The number of hydrogen-bond donors (Lipinski definition) is 2. The molecule has 0 aliphatic rings. The molecule has 2 rings (SSSR count). The van der Waals surface area contributed by atoms with Crippen molar-refractivity contribution < 1.29 is 0 Å². The smallest absolute Gasteiger partial charge is 0.104 e. The maximum absolute atomic E-state index is 6.25. The fraction of sp³-hybridized carbons (Fsp3) is 0.133. The van der Waals surface area contributed by atoms with Gasteiger partial charge in [-0.15, -0.1) is 0 Å². The summed E-state index contributed by atoms with van der Waals surface area (Å²) in [5.74, 6) is 0. The first-order chi connectivity index (χ1) is 9.38. The van der Waals surface area contributed by atoms with Crippen molar-refractivity contribution in [2.45, 2.75) is 13.8 Å². The number of aryl methyl sites for hydroxylation is 2. The van der Waals surface area contributed by atoms with Gasteiger partial charge in [-0.3, -0.25) is 0 Å². The first kappa shape index (κ1) is 15.3. The molecule has 0 saturated carbocycles. The number of rotatable bonds is 3. The maximum Gasteiger partial charge on any atom is 0.104 e. The van der Waals surface area contributed by atoms with Gasteiger partial charge < -0.3 is 11.1 Å². The molecule has 0 fully saturated rings. The molecule has 0 aliphatic carbocycles. The summed E-state index contributed by atoms with van der Waals surface area (Å²) in [5, 5.41) is 3.90. The SMILES string of the molecule is Cc1cc(Nc2ccc(C(N)=S)cc2Cl)cc(C)c1Br. The van der Waals surface area contributed by atoms with Gasteiger partial charge in [0, 0.05) is 15.7 Å². The highest BCUT2D eigenvalue weighted by Crippen LogP contribution is 2.30. The summed E-state index contributed by atoms with van der Waals surface area (Å²) in [6.07, 6.45) is 0. The van der Waals surface area contributed by atoms with Crippen LogP contribution in [-0.2, 0) is 0 Å². The van der Waals surface area contributed by atoms with E-state index in [1.807, 2.05) is 12.1 Å². The molecule has 0 bridgehead atoms. The Morgan fingerprint density at radius 2 is 1.80 bits per heavy atom. The second-order valence-corrected chi connectivity index (χ2v) is 6.25. The van der Waals surface area contributed by atoms with Crippen molar-refractivity contribution in [3.05, 3.63) is 56.5 Å². The van der Waals surface area contributed by atoms with E-state index in [-0.39, 0.29) is 0 Å². The monoisotopic (exact) mass is 368 g/mol. The first-order valence-corrected chi connectivity index (χ1v) is 7.59. The van der Waals surface area contributed by atoms with Crippen molar-refractivity contribution in [2.24, 2.45) is 5.73 Å². The Labute approximate surface area is 137 Å². The zero-order chi connectivity index (χ0) is 14.9. The third-order valence-electron chi connectivity index (χ3n) is 2.97. The zero-order valence-electron chi connectivity index (χ0n) is 11.1. The molecule has 5 heteroatoms. The lowest BCUT2D eigenvalue weighted by Gasteiger charge is -2.12. The number of nitrogens with two attached hydrogens (primary N) is 1. The Morgan fingerprint density at radius 1 is 1.20 bits per heavy atom. The molecule has 0 saturated heterocycles. The Balaban J connectivity index is 2.33. The zero-order valence-corrected chi connectivity index (χ0v) is 14.3. The lowest BCUT2D eigenvalue weighted by atomic mass is 10.1.